The van der Waals surface area contributed by atoms with Crippen molar-refractivity contribution in [3.05, 3.63) is 23.8 Å². The van der Waals surface area contributed by atoms with Gasteiger partial charge in [-0.1, -0.05) is 12.1 Å². The normalized spacial score (nSPS) is 12.1. The Bertz CT molecular complexity index is 351. The van der Waals surface area contributed by atoms with Gasteiger partial charge in [-0.15, -0.1) is 0 Å². The Morgan fingerprint density at radius 2 is 2.21 bits per heavy atom. The zero-order valence-electron chi connectivity index (χ0n) is 7.60. The molecule has 14 heavy (non-hydrogen) atoms. The molecule has 0 bridgehead atoms. The lowest BCUT2D eigenvalue weighted by Crippen LogP contribution is -2.20. The van der Waals surface area contributed by atoms with Gasteiger partial charge in [0.2, 0.25) is 0 Å². The minimum atomic E-state index is -1.25. The molecule has 0 saturated heterocycles. The first kappa shape index (κ1) is 10.3. The molecule has 1 aromatic rings. The quantitative estimate of drug-likeness (QED) is 0.655. The van der Waals surface area contributed by atoms with Crippen molar-refractivity contribution in [2.24, 2.45) is 5.73 Å². The molecule has 1 aromatic carbocycles. The second-order valence-corrected chi connectivity index (χ2v) is 2.71. The van der Waals surface area contributed by atoms with Crippen LogP contribution in [-0.4, -0.2) is 23.3 Å². The number of rotatable bonds is 3. The van der Waals surface area contributed by atoms with E-state index in [1.54, 1.807) is 6.07 Å². The number of phenolic OH excluding ortho intramolecular Hbond substituents is 1. The molecule has 5 heteroatoms. The summed E-state index contributed by atoms with van der Waals surface area (Å²) in [6.07, 6.45) is 0. The van der Waals surface area contributed by atoms with E-state index in [2.05, 4.69) is 0 Å². The fourth-order valence-corrected chi connectivity index (χ4v) is 1.09. The van der Waals surface area contributed by atoms with E-state index in [0.29, 0.717) is 0 Å². The average Bonchev–Trinajstić information content (AvgIpc) is 2.17. The van der Waals surface area contributed by atoms with E-state index in [0.717, 1.165) is 0 Å². The van der Waals surface area contributed by atoms with Crippen LogP contribution in [0.3, 0.4) is 0 Å². The maximum absolute atomic E-state index is 10.6. The molecule has 0 aromatic heterocycles. The van der Waals surface area contributed by atoms with Gasteiger partial charge >= 0.3 is 5.97 Å². The summed E-state index contributed by atoms with van der Waals surface area (Å²) in [6.45, 7) is 0. The van der Waals surface area contributed by atoms with Crippen molar-refractivity contribution >= 4 is 5.97 Å². The summed E-state index contributed by atoms with van der Waals surface area (Å²) in [6, 6.07) is 3.28. The first-order chi connectivity index (χ1) is 6.57. The molecule has 0 aliphatic rings. The van der Waals surface area contributed by atoms with Gasteiger partial charge in [0.15, 0.2) is 11.5 Å². The van der Waals surface area contributed by atoms with Crippen LogP contribution in [0.4, 0.5) is 0 Å². The molecule has 4 N–H and O–H groups in total. The Balaban J connectivity index is 3.15. The largest absolute Gasteiger partial charge is 0.504 e. The first-order valence-corrected chi connectivity index (χ1v) is 3.92. The van der Waals surface area contributed by atoms with Crippen LogP contribution in [0.2, 0.25) is 0 Å². The summed E-state index contributed by atoms with van der Waals surface area (Å²) in [5, 5.41) is 18.2. The number of aromatic hydroxyl groups is 1. The number of aliphatic carboxylic acids is 1. The first-order valence-electron chi connectivity index (χ1n) is 3.92. The predicted octanol–water partition coefficient (Wildman–Crippen LogP) is 0.485. The number of benzene rings is 1. The molecule has 0 spiro atoms. The van der Waals surface area contributed by atoms with Gasteiger partial charge < -0.3 is 20.7 Å². The minimum Gasteiger partial charge on any atom is -0.504 e. The number of nitrogens with two attached hydrogens (primary N) is 1. The number of phenols is 1. The van der Waals surface area contributed by atoms with Crippen LogP contribution in [0.5, 0.6) is 11.5 Å². The molecule has 1 atom stereocenters. The average molecular weight is 197 g/mol. The predicted molar refractivity (Wildman–Crippen MR) is 49.2 cm³/mol. The maximum Gasteiger partial charge on any atom is 0.325 e. The van der Waals surface area contributed by atoms with Gasteiger partial charge in [-0.25, -0.2) is 0 Å². The highest BCUT2D eigenvalue weighted by atomic mass is 16.5. The van der Waals surface area contributed by atoms with Crippen LogP contribution in [0.25, 0.3) is 0 Å². The number of carbonyl (C=O) groups is 1. The van der Waals surface area contributed by atoms with Crippen LogP contribution in [-0.2, 0) is 4.79 Å². The molecule has 0 heterocycles. The third-order valence-corrected chi connectivity index (χ3v) is 1.85. The van der Waals surface area contributed by atoms with Crippen molar-refractivity contribution in [3.8, 4) is 11.5 Å². The van der Waals surface area contributed by atoms with E-state index in [4.69, 9.17) is 15.6 Å². The number of para-hydroxylation sites is 1. The van der Waals surface area contributed by atoms with Crippen LogP contribution >= 0.6 is 0 Å². The number of methoxy groups -OCH3 is 1. The summed E-state index contributed by atoms with van der Waals surface area (Å²) in [5.74, 6) is -1.22. The van der Waals surface area contributed by atoms with Crippen LogP contribution in [0.15, 0.2) is 18.2 Å². The maximum atomic E-state index is 10.6. The van der Waals surface area contributed by atoms with Gasteiger partial charge in [-0.2, -0.15) is 0 Å². The number of hydrogen-bond donors (Lipinski definition) is 3. The van der Waals surface area contributed by atoms with E-state index in [1.165, 1.54) is 19.2 Å². The van der Waals surface area contributed by atoms with Crippen LogP contribution in [0, 0.1) is 0 Å². The van der Waals surface area contributed by atoms with Gasteiger partial charge in [0.1, 0.15) is 6.04 Å². The Morgan fingerprint density at radius 3 is 2.71 bits per heavy atom. The van der Waals surface area contributed by atoms with Crippen molar-refractivity contribution < 1.29 is 19.7 Å². The van der Waals surface area contributed by atoms with Gasteiger partial charge in [0, 0.05) is 5.56 Å². The summed E-state index contributed by atoms with van der Waals surface area (Å²) in [4.78, 5) is 10.6. The SMILES string of the molecule is COc1cccc([C@H](N)C(=O)O)c1O. The number of ether oxygens (including phenoxy) is 1. The topological polar surface area (TPSA) is 92.8 Å². The molecule has 0 amide bonds. The van der Waals surface area contributed by atoms with Crippen molar-refractivity contribution in [2.45, 2.75) is 6.04 Å². The highest BCUT2D eigenvalue weighted by Crippen LogP contribution is 2.32. The Hall–Kier alpha value is -1.75. The van der Waals surface area contributed by atoms with E-state index < -0.39 is 12.0 Å². The molecular formula is C9H11NO4. The standard InChI is InChI=1S/C9H11NO4/c1-14-6-4-2-3-5(8(6)11)7(10)9(12)13/h2-4,7,11H,10H2,1H3,(H,12,13)/t7-/m0/s1. The summed E-state index contributed by atoms with van der Waals surface area (Å²) in [5.41, 5.74) is 5.48. The van der Waals surface area contributed by atoms with Crippen molar-refractivity contribution in [1.82, 2.24) is 0 Å². The minimum absolute atomic E-state index is 0.136. The number of carboxylic acid groups (broad SMARTS) is 1. The van der Waals surface area contributed by atoms with Crippen LogP contribution in [0.1, 0.15) is 11.6 Å². The fourth-order valence-electron chi connectivity index (χ4n) is 1.09. The zero-order chi connectivity index (χ0) is 10.7. The lowest BCUT2D eigenvalue weighted by Gasteiger charge is -2.11. The second-order valence-electron chi connectivity index (χ2n) is 2.71. The number of hydrogen-bond acceptors (Lipinski definition) is 4. The lowest BCUT2D eigenvalue weighted by atomic mass is 10.1. The lowest BCUT2D eigenvalue weighted by molar-refractivity contribution is -0.138. The molecule has 0 saturated carbocycles. The van der Waals surface area contributed by atoms with E-state index >= 15 is 0 Å². The van der Waals surface area contributed by atoms with Gasteiger partial charge in [-0.05, 0) is 6.07 Å². The molecule has 1 rings (SSSR count). The van der Waals surface area contributed by atoms with Gasteiger partial charge in [-0.3, -0.25) is 4.79 Å². The molecule has 5 nitrogen and oxygen atoms in total. The van der Waals surface area contributed by atoms with Crippen LogP contribution < -0.4 is 10.5 Å². The Kier molecular flexibility index (Phi) is 2.93. The second kappa shape index (κ2) is 3.97. The van der Waals surface area contributed by atoms with E-state index in [1.807, 2.05) is 0 Å². The van der Waals surface area contributed by atoms with Gasteiger partial charge in [0.25, 0.3) is 0 Å². The molecule has 0 unspecified atom stereocenters. The molecule has 0 fully saturated rings. The highest BCUT2D eigenvalue weighted by molar-refractivity contribution is 5.76. The number of carboxylic acids is 1. The monoisotopic (exact) mass is 197 g/mol. The highest BCUT2D eigenvalue weighted by Gasteiger charge is 2.19. The molecule has 0 aliphatic heterocycles. The molecular weight excluding hydrogens is 186 g/mol. The molecule has 0 aliphatic carbocycles. The Labute approximate surface area is 80.7 Å². The van der Waals surface area contributed by atoms with E-state index in [-0.39, 0.29) is 17.1 Å². The Morgan fingerprint density at radius 1 is 1.57 bits per heavy atom. The smallest absolute Gasteiger partial charge is 0.325 e. The molecule has 76 valence electrons. The third-order valence-electron chi connectivity index (χ3n) is 1.85. The third kappa shape index (κ3) is 1.77. The molecule has 0 radical (unpaired) electrons. The van der Waals surface area contributed by atoms with Gasteiger partial charge in [0.05, 0.1) is 7.11 Å². The fraction of sp³-hybridized carbons (Fsp3) is 0.222. The summed E-state index contributed by atoms with van der Waals surface area (Å²) >= 11 is 0. The zero-order valence-corrected chi connectivity index (χ0v) is 7.60. The summed E-state index contributed by atoms with van der Waals surface area (Å²) < 4.78 is 4.82. The van der Waals surface area contributed by atoms with E-state index in [9.17, 15) is 9.90 Å². The van der Waals surface area contributed by atoms with Crippen molar-refractivity contribution in [2.75, 3.05) is 7.11 Å². The summed E-state index contributed by atoms with van der Waals surface area (Å²) in [7, 11) is 1.38. The van der Waals surface area contributed by atoms with Crippen molar-refractivity contribution in [1.29, 1.82) is 0 Å². The van der Waals surface area contributed by atoms with Crippen molar-refractivity contribution in [3.63, 3.8) is 0 Å².